The third-order valence-corrected chi connectivity index (χ3v) is 3.83. The molecule has 0 fully saturated rings. The highest BCUT2D eigenvalue weighted by molar-refractivity contribution is 9.10. The molecule has 1 aromatic heterocycles. The molecule has 0 amide bonds. The van der Waals surface area contributed by atoms with Crippen LogP contribution < -0.4 is 0 Å². The SMILES string of the molecule is O=C(c1ccccc1Cl)c1c[nH]c2ccc(Br)cc12. The van der Waals surface area contributed by atoms with Crippen LogP contribution in [-0.4, -0.2) is 10.8 Å². The standard InChI is InChI=1S/C15H9BrClNO/c16-9-5-6-14-11(7-9)12(8-18-14)15(19)10-3-1-2-4-13(10)17/h1-8,18H. The number of aromatic amines is 1. The number of hydrogen-bond acceptors (Lipinski definition) is 1. The van der Waals surface area contributed by atoms with Gasteiger partial charge in [0.2, 0.25) is 0 Å². The maximum atomic E-state index is 12.5. The Kier molecular flexibility index (Phi) is 3.17. The fourth-order valence-corrected chi connectivity index (χ4v) is 2.65. The molecular weight excluding hydrogens is 326 g/mol. The van der Waals surface area contributed by atoms with Crippen LogP contribution in [0.25, 0.3) is 10.9 Å². The number of fused-ring (bicyclic) bond motifs is 1. The molecule has 19 heavy (non-hydrogen) atoms. The largest absolute Gasteiger partial charge is 0.360 e. The molecule has 3 rings (SSSR count). The zero-order valence-electron chi connectivity index (χ0n) is 9.78. The number of carbonyl (C=O) groups is 1. The summed E-state index contributed by atoms with van der Waals surface area (Å²) in [5.74, 6) is -0.0741. The number of carbonyl (C=O) groups excluding carboxylic acids is 1. The number of hydrogen-bond donors (Lipinski definition) is 1. The van der Waals surface area contributed by atoms with Crippen LogP contribution in [-0.2, 0) is 0 Å². The summed E-state index contributed by atoms with van der Waals surface area (Å²) >= 11 is 9.50. The third-order valence-electron chi connectivity index (χ3n) is 3.01. The Morgan fingerprint density at radius 2 is 1.89 bits per heavy atom. The number of halogens is 2. The highest BCUT2D eigenvalue weighted by atomic mass is 79.9. The number of rotatable bonds is 2. The van der Waals surface area contributed by atoms with E-state index in [4.69, 9.17) is 11.6 Å². The summed E-state index contributed by atoms with van der Waals surface area (Å²) in [6.07, 6.45) is 1.72. The number of H-pyrrole nitrogens is 1. The summed E-state index contributed by atoms with van der Waals surface area (Å²) in [5.41, 5.74) is 2.08. The summed E-state index contributed by atoms with van der Waals surface area (Å²) in [6, 6.07) is 12.9. The first-order valence-corrected chi connectivity index (χ1v) is 6.90. The van der Waals surface area contributed by atoms with Crippen LogP contribution >= 0.6 is 27.5 Å². The average Bonchev–Trinajstić information content (AvgIpc) is 2.81. The van der Waals surface area contributed by atoms with Crippen LogP contribution in [0.1, 0.15) is 15.9 Å². The van der Waals surface area contributed by atoms with Crippen molar-refractivity contribution in [3.8, 4) is 0 Å². The van der Waals surface area contributed by atoms with Gasteiger partial charge >= 0.3 is 0 Å². The Labute approximate surface area is 123 Å². The second kappa shape index (κ2) is 4.83. The van der Waals surface area contributed by atoms with E-state index in [1.165, 1.54) is 0 Å². The Balaban J connectivity index is 2.17. The Hall–Kier alpha value is -1.58. The summed E-state index contributed by atoms with van der Waals surface area (Å²) in [7, 11) is 0. The molecule has 0 saturated carbocycles. The maximum Gasteiger partial charge on any atom is 0.196 e. The number of ketones is 1. The lowest BCUT2D eigenvalue weighted by Crippen LogP contribution is -2.00. The second-order valence-electron chi connectivity index (χ2n) is 4.20. The van der Waals surface area contributed by atoms with Gasteiger partial charge in [-0.3, -0.25) is 4.79 Å². The molecule has 1 heterocycles. The van der Waals surface area contributed by atoms with Gasteiger partial charge in [0.25, 0.3) is 0 Å². The fourth-order valence-electron chi connectivity index (χ4n) is 2.07. The fraction of sp³-hybridized carbons (Fsp3) is 0. The molecule has 2 aromatic carbocycles. The van der Waals surface area contributed by atoms with Crippen molar-refractivity contribution in [2.24, 2.45) is 0 Å². The minimum atomic E-state index is -0.0741. The molecule has 0 atom stereocenters. The summed E-state index contributed by atoms with van der Waals surface area (Å²) in [5, 5.41) is 1.36. The minimum Gasteiger partial charge on any atom is -0.360 e. The molecule has 0 aliphatic heterocycles. The molecule has 0 radical (unpaired) electrons. The van der Waals surface area contributed by atoms with Gasteiger partial charge in [0, 0.05) is 32.7 Å². The molecule has 0 spiro atoms. The van der Waals surface area contributed by atoms with Gasteiger partial charge < -0.3 is 4.98 Å². The van der Waals surface area contributed by atoms with Crippen molar-refractivity contribution in [3.63, 3.8) is 0 Å². The molecule has 1 N–H and O–H groups in total. The van der Waals surface area contributed by atoms with Crippen LogP contribution in [0.3, 0.4) is 0 Å². The van der Waals surface area contributed by atoms with E-state index in [1.807, 2.05) is 30.3 Å². The van der Waals surface area contributed by atoms with E-state index < -0.39 is 0 Å². The van der Waals surface area contributed by atoms with Gasteiger partial charge in [0.05, 0.1) is 5.02 Å². The lowest BCUT2D eigenvalue weighted by Gasteiger charge is -2.02. The van der Waals surface area contributed by atoms with E-state index in [0.29, 0.717) is 16.1 Å². The highest BCUT2D eigenvalue weighted by Gasteiger charge is 2.16. The van der Waals surface area contributed by atoms with Gasteiger partial charge in [-0.1, -0.05) is 39.7 Å². The first kappa shape index (κ1) is 12.5. The first-order valence-electron chi connectivity index (χ1n) is 5.72. The predicted molar refractivity (Wildman–Crippen MR) is 80.9 cm³/mol. The van der Waals surface area contributed by atoms with E-state index in [1.54, 1.807) is 18.3 Å². The highest BCUT2D eigenvalue weighted by Crippen LogP contribution is 2.26. The van der Waals surface area contributed by atoms with E-state index in [-0.39, 0.29) is 5.78 Å². The van der Waals surface area contributed by atoms with Crippen molar-refractivity contribution < 1.29 is 4.79 Å². The Morgan fingerprint density at radius 3 is 2.68 bits per heavy atom. The zero-order chi connectivity index (χ0) is 13.4. The van der Waals surface area contributed by atoms with E-state index in [0.717, 1.165) is 15.4 Å². The van der Waals surface area contributed by atoms with Crippen molar-refractivity contribution in [2.45, 2.75) is 0 Å². The first-order chi connectivity index (χ1) is 9.16. The zero-order valence-corrected chi connectivity index (χ0v) is 12.1. The van der Waals surface area contributed by atoms with Crippen LogP contribution in [0.5, 0.6) is 0 Å². The maximum absolute atomic E-state index is 12.5. The topological polar surface area (TPSA) is 32.9 Å². The smallest absolute Gasteiger partial charge is 0.196 e. The number of nitrogens with one attached hydrogen (secondary N) is 1. The van der Waals surface area contributed by atoms with Crippen molar-refractivity contribution in [1.29, 1.82) is 0 Å². The van der Waals surface area contributed by atoms with Crippen molar-refractivity contribution in [3.05, 3.63) is 69.3 Å². The second-order valence-corrected chi connectivity index (χ2v) is 5.52. The minimum absolute atomic E-state index is 0.0741. The third kappa shape index (κ3) is 2.20. The molecule has 0 saturated heterocycles. The van der Waals surface area contributed by atoms with Gasteiger partial charge in [-0.2, -0.15) is 0 Å². The van der Waals surface area contributed by atoms with Crippen molar-refractivity contribution >= 4 is 44.2 Å². The lowest BCUT2D eigenvalue weighted by atomic mass is 10.0. The summed E-state index contributed by atoms with van der Waals surface area (Å²) < 4.78 is 0.938. The van der Waals surface area contributed by atoms with Crippen LogP contribution in [0.15, 0.2) is 53.1 Å². The molecule has 3 aromatic rings. The van der Waals surface area contributed by atoms with Gasteiger partial charge in [-0.25, -0.2) is 0 Å². The molecule has 0 unspecified atom stereocenters. The Bertz CT molecular complexity index is 779. The molecule has 94 valence electrons. The molecule has 0 bridgehead atoms. The number of aromatic nitrogens is 1. The number of benzene rings is 2. The molecule has 2 nitrogen and oxygen atoms in total. The van der Waals surface area contributed by atoms with E-state index >= 15 is 0 Å². The van der Waals surface area contributed by atoms with Crippen molar-refractivity contribution in [1.82, 2.24) is 4.98 Å². The van der Waals surface area contributed by atoms with Gasteiger partial charge in [-0.15, -0.1) is 0 Å². The van der Waals surface area contributed by atoms with Crippen LogP contribution in [0.2, 0.25) is 5.02 Å². The molecule has 0 aliphatic rings. The van der Waals surface area contributed by atoms with E-state index in [2.05, 4.69) is 20.9 Å². The quantitative estimate of drug-likeness (QED) is 0.670. The van der Waals surface area contributed by atoms with Gasteiger partial charge in [0.1, 0.15) is 0 Å². The van der Waals surface area contributed by atoms with Gasteiger partial charge in [0.15, 0.2) is 5.78 Å². The van der Waals surface area contributed by atoms with Crippen molar-refractivity contribution in [2.75, 3.05) is 0 Å². The van der Waals surface area contributed by atoms with Crippen LogP contribution in [0, 0.1) is 0 Å². The summed E-state index contributed by atoms with van der Waals surface area (Å²) in [4.78, 5) is 15.6. The monoisotopic (exact) mass is 333 g/mol. The normalized spacial score (nSPS) is 10.8. The van der Waals surface area contributed by atoms with Gasteiger partial charge in [-0.05, 0) is 30.3 Å². The predicted octanol–water partition coefficient (Wildman–Crippen LogP) is 4.81. The lowest BCUT2D eigenvalue weighted by molar-refractivity contribution is 0.104. The van der Waals surface area contributed by atoms with Crippen LogP contribution in [0.4, 0.5) is 0 Å². The molecule has 4 heteroatoms. The van der Waals surface area contributed by atoms with E-state index in [9.17, 15) is 4.79 Å². The molecular formula is C15H9BrClNO. The summed E-state index contributed by atoms with van der Waals surface area (Å²) in [6.45, 7) is 0. The Morgan fingerprint density at radius 1 is 1.11 bits per heavy atom. The average molecular weight is 335 g/mol. The molecule has 0 aliphatic carbocycles.